The second-order valence-corrected chi connectivity index (χ2v) is 3.86. The Labute approximate surface area is 102 Å². The topological polar surface area (TPSA) is 37.4 Å². The first-order chi connectivity index (χ1) is 8.20. The van der Waals surface area contributed by atoms with Crippen LogP contribution >= 0.6 is 0 Å². The van der Waals surface area contributed by atoms with Gasteiger partial charge in [-0.25, -0.2) is 0 Å². The number of hydrogen-bond donors (Lipinski definition) is 0. The van der Waals surface area contributed by atoms with E-state index in [1.165, 1.54) is 0 Å². The number of amides is 1. The van der Waals surface area contributed by atoms with Crippen molar-refractivity contribution < 1.29 is 9.59 Å². The largest absolute Gasteiger partial charge is 0.342 e. The van der Waals surface area contributed by atoms with Crippen LogP contribution in [0.5, 0.6) is 0 Å². The van der Waals surface area contributed by atoms with E-state index in [0.29, 0.717) is 24.0 Å². The molecule has 3 heteroatoms. The molecule has 1 rings (SSSR count). The fourth-order valence-electron chi connectivity index (χ4n) is 1.57. The van der Waals surface area contributed by atoms with Crippen molar-refractivity contribution in [2.24, 2.45) is 0 Å². The van der Waals surface area contributed by atoms with Gasteiger partial charge in [0.25, 0.3) is 5.91 Å². The minimum atomic E-state index is -0.114. The molecule has 0 heterocycles. The molecular formula is C14H17NO2. The second kappa shape index (κ2) is 6.63. The van der Waals surface area contributed by atoms with Crippen LogP contribution in [-0.4, -0.2) is 30.7 Å². The minimum absolute atomic E-state index is 0.114. The van der Waals surface area contributed by atoms with Gasteiger partial charge in [-0.3, -0.25) is 9.59 Å². The van der Waals surface area contributed by atoms with Crippen LogP contribution in [0.2, 0.25) is 0 Å². The molecule has 0 saturated heterocycles. The van der Waals surface area contributed by atoms with Crippen LogP contribution in [0.3, 0.4) is 0 Å². The highest BCUT2D eigenvalue weighted by Gasteiger charge is 2.14. The Balaban J connectivity index is 2.74. The lowest BCUT2D eigenvalue weighted by Crippen LogP contribution is -2.28. The third kappa shape index (κ3) is 3.55. The standard InChI is InChI=1S/C14H17NO2/c1-3-4-7-10-15(2)14(17)13-9-6-5-8-12(13)11-16/h3,5-6,8-9,11H,1,4,7,10H2,2H3. The summed E-state index contributed by atoms with van der Waals surface area (Å²) in [6, 6.07) is 6.84. The van der Waals surface area contributed by atoms with E-state index in [2.05, 4.69) is 6.58 Å². The molecule has 0 atom stereocenters. The van der Waals surface area contributed by atoms with Gasteiger partial charge in [-0.2, -0.15) is 0 Å². The van der Waals surface area contributed by atoms with Crippen molar-refractivity contribution in [3.05, 3.63) is 48.0 Å². The smallest absolute Gasteiger partial charge is 0.254 e. The summed E-state index contributed by atoms with van der Waals surface area (Å²) in [5.41, 5.74) is 0.900. The van der Waals surface area contributed by atoms with Gasteiger partial charge in [-0.1, -0.05) is 24.3 Å². The highest BCUT2D eigenvalue weighted by molar-refractivity contribution is 6.01. The van der Waals surface area contributed by atoms with Crippen molar-refractivity contribution in [2.75, 3.05) is 13.6 Å². The van der Waals surface area contributed by atoms with Crippen molar-refractivity contribution in [2.45, 2.75) is 12.8 Å². The number of aldehydes is 1. The lowest BCUT2D eigenvalue weighted by atomic mass is 10.1. The lowest BCUT2D eigenvalue weighted by Gasteiger charge is -2.17. The number of carbonyl (C=O) groups is 2. The molecule has 3 nitrogen and oxygen atoms in total. The minimum Gasteiger partial charge on any atom is -0.342 e. The monoisotopic (exact) mass is 231 g/mol. The van der Waals surface area contributed by atoms with Gasteiger partial charge in [0.1, 0.15) is 0 Å². The predicted octanol–water partition coefficient (Wildman–Crippen LogP) is 2.54. The highest BCUT2D eigenvalue weighted by Crippen LogP contribution is 2.09. The normalized spacial score (nSPS) is 9.71. The maximum absolute atomic E-state index is 12.1. The molecule has 90 valence electrons. The summed E-state index contributed by atoms with van der Waals surface area (Å²) in [5.74, 6) is -0.114. The van der Waals surface area contributed by atoms with E-state index in [-0.39, 0.29) is 5.91 Å². The molecule has 0 spiro atoms. The summed E-state index contributed by atoms with van der Waals surface area (Å²) >= 11 is 0. The zero-order valence-electron chi connectivity index (χ0n) is 10.1. The van der Waals surface area contributed by atoms with E-state index < -0.39 is 0 Å². The first-order valence-electron chi connectivity index (χ1n) is 5.61. The summed E-state index contributed by atoms with van der Waals surface area (Å²) in [4.78, 5) is 24.5. The van der Waals surface area contributed by atoms with Gasteiger partial charge < -0.3 is 4.90 Å². The van der Waals surface area contributed by atoms with E-state index in [4.69, 9.17) is 0 Å². The molecule has 0 fully saturated rings. The first-order valence-corrected chi connectivity index (χ1v) is 5.61. The van der Waals surface area contributed by atoms with Crippen molar-refractivity contribution >= 4 is 12.2 Å². The van der Waals surface area contributed by atoms with E-state index in [1.54, 1.807) is 36.2 Å². The molecule has 1 aromatic rings. The molecule has 0 radical (unpaired) electrons. The molecule has 1 amide bonds. The van der Waals surface area contributed by atoms with Crippen LogP contribution in [0.4, 0.5) is 0 Å². The van der Waals surface area contributed by atoms with Crippen LogP contribution in [0.15, 0.2) is 36.9 Å². The van der Waals surface area contributed by atoms with Crippen LogP contribution in [-0.2, 0) is 0 Å². The number of benzene rings is 1. The third-order valence-electron chi connectivity index (χ3n) is 2.57. The molecule has 0 N–H and O–H groups in total. The Morgan fingerprint density at radius 3 is 2.76 bits per heavy atom. The Morgan fingerprint density at radius 2 is 2.12 bits per heavy atom. The number of rotatable bonds is 6. The van der Waals surface area contributed by atoms with Gasteiger partial charge in [-0.05, 0) is 18.9 Å². The van der Waals surface area contributed by atoms with Crippen molar-refractivity contribution in [1.29, 1.82) is 0 Å². The second-order valence-electron chi connectivity index (χ2n) is 3.86. The Hall–Kier alpha value is -1.90. The van der Waals surface area contributed by atoms with Crippen LogP contribution in [0, 0.1) is 0 Å². The summed E-state index contributed by atoms with van der Waals surface area (Å²) in [6.07, 6.45) is 4.31. The van der Waals surface area contributed by atoms with Crippen LogP contribution < -0.4 is 0 Å². The predicted molar refractivity (Wildman–Crippen MR) is 68.2 cm³/mol. The lowest BCUT2D eigenvalue weighted by molar-refractivity contribution is 0.0790. The van der Waals surface area contributed by atoms with Crippen molar-refractivity contribution in [3.63, 3.8) is 0 Å². The van der Waals surface area contributed by atoms with E-state index in [9.17, 15) is 9.59 Å². The highest BCUT2D eigenvalue weighted by atomic mass is 16.2. The number of nitrogens with zero attached hydrogens (tertiary/aromatic N) is 1. The van der Waals surface area contributed by atoms with E-state index in [0.717, 1.165) is 12.8 Å². The first kappa shape index (κ1) is 13.2. The number of allylic oxidation sites excluding steroid dienone is 1. The zero-order valence-corrected chi connectivity index (χ0v) is 10.1. The Bertz CT molecular complexity index is 412. The third-order valence-corrected chi connectivity index (χ3v) is 2.57. The molecule has 0 unspecified atom stereocenters. The van der Waals surface area contributed by atoms with Crippen molar-refractivity contribution in [3.8, 4) is 0 Å². The van der Waals surface area contributed by atoms with Crippen LogP contribution in [0.25, 0.3) is 0 Å². The summed E-state index contributed by atoms with van der Waals surface area (Å²) in [7, 11) is 1.74. The molecule has 0 aromatic heterocycles. The number of hydrogen-bond acceptors (Lipinski definition) is 2. The SMILES string of the molecule is C=CCCCN(C)C(=O)c1ccccc1C=O. The molecular weight excluding hydrogens is 214 g/mol. The van der Waals surface area contributed by atoms with E-state index >= 15 is 0 Å². The van der Waals surface area contributed by atoms with Gasteiger partial charge in [0, 0.05) is 19.2 Å². The fraction of sp³-hybridized carbons (Fsp3) is 0.286. The average molecular weight is 231 g/mol. The maximum Gasteiger partial charge on any atom is 0.254 e. The quantitative estimate of drug-likeness (QED) is 0.428. The fourth-order valence-corrected chi connectivity index (χ4v) is 1.57. The maximum atomic E-state index is 12.1. The summed E-state index contributed by atoms with van der Waals surface area (Å²) in [6.45, 7) is 4.30. The molecule has 1 aromatic carbocycles. The molecule has 17 heavy (non-hydrogen) atoms. The summed E-state index contributed by atoms with van der Waals surface area (Å²) < 4.78 is 0. The number of unbranched alkanes of at least 4 members (excludes halogenated alkanes) is 1. The molecule has 0 aliphatic rings. The van der Waals surface area contributed by atoms with Gasteiger partial charge in [0.15, 0.2) is 6.29 Å². The van der Waals surface area contributed by atoms with Gasteiger partial charge in [0.2, 0.25) is 0 Å². The zero-order chi connectivity index (χ0) is 12.7. The van der Waals surface area contributed by atoms with Gasteiger partial charge in [0.05, 0.1) is 5.56 Å². The average Bonchev–Trinajstić information content (AvgIpc) is 2.38. The molecule has 0 aliphatic carbocycles. The van der Waals surface area contributed by atoms with Crippen LogP contribution in [0.1, 0.15) is 33.6 Å². The molecule has 0 saturated carbocycles. The summed E-state index contributed by atoms with van der Waals surface area (Å²) in [5, 5.41) is 0. The Morgan fingerprint density at radius 1 is 1.41 bits per heavy atom. The van der Waals surface area contributed by atoms with E-state index in [1.807, 2.05) is 6.08 Å². The molecule has 0 aliphatic heterocycles. The Kier molecular flexibility index (Phi) is 5.14. The van der Waals surface area contributed by atoms with Crippen molar-refractivity contribution in [1.82, 2.24) is 4.90 Å². The number of carbonyl (C=O) groups excluding carboxylic acids is 2. The van der Waals surface area contributed by atoms with Gasteiger partial charge >= 0.3 is 0 Å². The van der Waals surface area contributed by atoms with Gasteiger partial charge in [-0.15, -0.1) is 6.58 Å². The molecule has 0 bridgehead atoms.